The van der Waals surface area contributed by atoms with Gasteiger partial charge in [-0.05, 0) is 30.8 Å². The zero-order valence-corrected chi connectivity index (χ0v) is 14.3. The molecule has 3 rings (SSSR count). The summed E-state index contributed by atoms with van der Waals surface area (Å²) in [5.41, 5.74) is 1.45. The molecule has 1 aromatic heterocycles. The number of furan rings is 1. The number of hydrogen-bond donors (Lipinski definition) is 0. The lowest BCUT2D eigenvalue weighted by Gasteiger charge is -2.07. The van der Waals surface area contributed by atoms with Crippen LogP contribution in [0.1, 0.15) is 23.0 Å². The Morgan fingerprint density at radius 1 is 1.20 bits per heavy atom. The van der Waals surface area contributed by atoms with Crippen LogP contribution >= 0.6 is 11.8 Å². The zero-order valence-electron chi connectivity index (χ0n) is 13.5. The third-order valence-corrected chi connectivity index (χ3v) is 4.57. The second kappa shape index (κ2) is 6.94. The van der Waals surface area contributed by atoms with E-state index in [1.807, 2.05) is 0 Å². The van der Waals surface area contributed by atoms with Crippen molar-refractivity contribution in [3.05, 3.63) is 65.3 Å². The Morgan fingerprint density at radius 2 is 1.92 bits per heavy atom. The van der Waals surface area contributed by atoms with Crippen LogP contribution in [0.15, 0.2) is 58.4 Å². The molecule has 2 amide bonds. The summed E-state index contributed by atoms with van der Waals surface area (Å²) < 4.78 is 5.73. The summed E-state index contributed by atoms with van der Waals surface area (Å²) in [6, 6.07) is 10.6. The maximum Gasteiger partial charge on any atom is 0.293 e. The minimum atomic E-state index is -0.348. The molecule has 1 aliphatic heterocycles. The largest absolute Gasteiger partial charge is 0.457 e. The molecule has 1 fully saturated rings. The van der Waals surface area contributed by atoms with Crippen molar-refractivity contribution in [2.24, 2.45) is 0 Å². The van der Waals surface area contributed by atoms with E-state index in [1.54, 1.807) is 42.5 Å². The summed E-state index contributed by atoms with van der Waals surface area (Å²) in [5, 5.41) is -0.317. The van der Waals surface area contributed by atoms with Gasteiger partial charge in [-0.3, -0.25) is 19.3 Å². The van der Waals surface area contributed by atoms with E-state index in [0.717, 1.165) is 22.2 Å². The molecule has 2 heterocycles. The number of hydrogen-bond acceptors (Lipinski definition) is 5. The van der Waals surface area contributed by atoms with Gasteiger partial charge in [0.1, 0.15) is 11.5 Å². The number of carbonyl (C=O) groups excluding carboxylic acids is 3. The minimum absolute atomic E-state index is 0.00179. The smallest absolute Gasteiger partial charge is 0.293 e. The van der Waals surface area contributed by atoms with E-state index in [2.05, 4.69) is 6.58 Å². The zero-order chi connectivity index (χ0) is 18.0. The molecule has 0 bridgehead atoms. The van der Waals surface area contributed by atoms with Gasteiger partial charge in [-0.15, -0.1) is 6.58 Å². The van der Waals surface area contributed by atoms with Gasteiger partial charge in [0, 0.05) is 23.7 Å². The lowest BCUT2D eigenvalue weighted by molar-refractivity contribution is -0.122. The number of Topliss-reactive ketones (excluding diaryl/α,β-unsaturated/α-hetero) is 1. The molecular weight excluding hydrogens is 338 g/mol. The Morgan fingerprint density at radius 3 is 2.56 bits per heavy atom. The molecule has 1 aromatic carbocycles. The molecule has 0 spiro atoms. The number of thioether (sulfide) groups is 1. The Kier molecular flexibility index (Phi) is 4.72. The van der Waals surface area contributed by atoms with Crippen LogP contribution in [0, 0.1) is 0 Å². The third-order valence-electron chi connectivity index (χ3n) is 3.66. The monoisotopic (exact) mass is 353 g/mol. The first-order valence-corrected chi connectivity index (χ1v) is 8.38. The van der Waals surface area contributed by atoms with Gasteiger partial charge in [-0.25, -0.2) is 0 Å². The molecule has 0 radical (unpaired) electrons. The first-order chi connectivity index (χ1) is 12.0. The molecule has 0 aliphatic carbocycles. The lowest BCUT2D eigenvalue weighted by Crippen LogP contribution is -2.27. The van der Waals surface area contributed by atoms with Crippen LogP contribution in [-0.2, 0) is 4.79 Å². The summed E-state index contributed by atoms with van der Waals surface area (Å²) in [7, 11) is 0. The molecule has 126 valence electrons. The van der Waals surface area contributed by atoms with Crippen LogP contribution in [0.5, 0.6) is 0 Å². The molecule has 5 nitrogen and oxygen atoms in total. The van der Waals surface area contributed by atoms with Crippen molar-refractivity contribution in [3.8, 4) is 11.3 Å². The molecule has 2 aromatic rings. The van der Waals surface area contributed by atoms with E-state index in [4.69, 9.17) is 4.42 Å². The standard InChI is InChI=1S/C19H15NO4S/c1-3-10-20-18(22)17(25-19(20)23)11-15-8-9-16(24-15)14-6-4-13(5-7-14)12(2)21/h3-9,11H,1,10H2,2H3/b17-11-. The van der Waals surface area contributed by atoms with Crippen molar-refractivity contribution in [1.29, 1.82) is 0 Å². The molecule has 0 saturated carbocycles. The van der Waals surface area contributed by atoms with Crippen molar-refractivity contribution in [2.45, 2.75) is 6.92 Å². The van der Waals surface area contributed by atoms with E-state index in [9.17, 15) is 14.4 Å². The molecular formula is C19H15NO4S. The van der Waals surface area contributed by atoms with Gasteiger partial charge in [0.15, 0.2) is 5.78 Å². The number of benzene rings is 1. The number of rotatable bonds is 5. The summed E-state index contributed by atoms with van der Waals surface area (Å²) >= 11 is 0.880. The highest BCUT2D eigenvalue weighted by atomic mass is 32.2. The average Bonchev–Trinajstić information content (AvgIpc) is 3.16. The fourth-order valence-corrected chi connectivity index (χ4v) is 3.20. The van der Waals surface area contributed by atoms with Gasteiger partial charge in [-0.1, -0.05) is 30.3 Å². The number of ketones is 1. The molecule has 1 aliphatic rings. The number of nitrogens with zero attached hydrogens (tertiary/aromatic N) is 1. The Labute approximate surface area is 149 Å². The van der Waals surface area contributed by atoms with Crippen LogP contribution in [0.4, 0.5) is 4.79 Å². The van der Waals surface area contributed by atoms with Crippen LogP contribution < -0.4 is 0 Å². The first-order valence-electron chi connectivity index (χ1n) is 7.57. The van der Waals surface area contributed by atoms with E-state index in [0.29, 0.717) is 22.0 Å². The highest BCUT2D eigenvalue weighted by Gasteiger charge is 2.34. The Balaban J connectivity index is 1.82. The van der Waals surface area contributed by atoms with Crippen molar-refractivity contribution >= 4 is 34.8 Å². The predicted molar refractivity (Wildman–Crippen MR) is 97.0 cm³/mol. The Hall–Kier alpha value is -2.86. The van der Waals surface area contributed by atoms with Gasteiger partial charge in [0.05, 0.1) is 4.91 Å². The fourth-order valence-electron chi connectivity index (χ4n) is 2.37. The van der Waals surface area contributed by atoms with Gasteiger partial charge < -0.3 is 4.42 Å². The summed E-state index contributed by atoms with van der Waals surface area (Å²) in [6.07, 6.45) is 3.07. The number of amides is 2. The van der Waals surface area contributed by atoms with E-state index in [1.165, 1.54) is 13.0 Å². The van der Waals surface area contributed by atoms with E-state index in [-0.39, 0.29) is 23.5 Å². The maximum atomic E-state index is 12.2. The third kappa shape index (κ3) is 3.49. The fraction of sp³-hybridized carbons (Fsp3) is 0.105. The lowest BCUT2D eigenvalue weighted by atomic mass is 10.1. The average molecular weight is 353 g/mol. The summed E-state index contributed by atoms with van der Waals surface area (Å²) in [4.78, 5) is 36.8. The molecule has 6 heteroatoms. The van der Waals surface area contributed by atoms with Gasteiger partial charge in [0.25, 0.3) is 11.1 Å². The second-order valence-electron chi connectivity index (χ2n) is 5.42. The van der Waals surface area contributed by atoms with Crippen molar-refractivity contribution in [2.75, 3.05) is 6.54 Å². The van der Waals surface area contributed by atoms with Crippen LogP contribution in [0.25, 0.3) is 17.4 Å². The van der Waals surface area contributed by atoms with Crippen LogP contribution in [0.3, 0.4) is 0 Å². The van der Waals surface area contributed by atoms with Crippen molar-refractivity contribution < 1.29 is 18.8 Å². The topological polar surface area (TPSA) is 67.6 Å². The molecule has 0 atom stereocenters. The molecule has 1 saturated heterocycles. The highest BCUT2D eigenvalue weighted by molar-refractivity contribution is 8.18. The normalized spacial score (nSPS) is 15.9. The van der Waals surface area contributed by atoms with E-state index >= 15 is 0 Å². The minimum Gasteiger partial charge on any atom is -0.457 e. The van der Waals surface area contributed by atoms with Crippen LogP contribution in [-0.4, -0.2) is 28.4 Å². The van der Waals surface area contributed by atoms with Crippen molar-refractivity contribution in [3.63, 3.8) is 0 Å². The maximum absolute atomic E-state index is 12.2. The summed E-state index contributed by atoms with van der Waals surface area (Å²) in [6.45, 7) is 5.24. The number of carbonyl (C=O) groups is 3. The number of imide groups is 1. The van der Waals surface area contributed by atoms with Gasteiger partial charge in [0.2, 0.25) is 0 Å². The van der Waals surface area contributed by atoms with Gasteiger partial charge in [-0.2, -0.15) is 0 Å². The molecule has 0 unspecified atom stereocenters. The second-order valence-corrected chi connectivity index (χ2v) is 6.41. The van der Waals surface area contributed by atoms with Crippen LogP contribution in [0.2, 0.25) is 0 Å². The van der Waals surface area contributed by atoms with Crippen molar-refractivity contribution in [1.82, 2.24) is 4.90 Å². The van der Waals surface area contributed by atoms with E-state index < -0.39 is 0 Å². The Bertz CT molecular complexity index is 892. The highest BCUT2D eigenvalue weighted by Crippen LogP contribution is 2.33. The quantitative estimate of drug-likeness (QED) is 0.453. The molecule has 25 heavy (non-hydrogen) atoms. The summed E-state index contributed by atoms with van der Waals surface area (Å²) in [5.74, 6) is 0.752. The SMILES string of the molecule is C=CCN1C(=O)S/C(=C\c2ccc(-c3ccc(C(C)=O)cc3)o2)C1=O. The molecule has 0 N–H and O–H groups in total. The predicted octanol–water partition coefficient (Wildman–Crippen LogP) is 4.37. The first kappa shape index (κ1) is 17.0. The van der Waals surface area contributed by atoms with Gasteiger partial charge >= 0.3 is 0 Å².